The molecular weight excluding hydrogens is 288 g/mol. The number of nitrogens with zero attached hydrogens (tertiary/aromatic N) is 1. The number of para-hydroxylation sites is 1. The van der Waals surface area contributed by atoms with Crippen molar-refractivity contribution in [2.75, 3.05) is 23.7 Å². The van der Waals surface area contributed by atoms with Crippen LogP contribution in [-0.2, 0) is 14.8 Å². The summed E-state index contributed by atoms with van der Waals surface area (Å²) in [7, 11) is -3.25. The summed E-state index contributed by atoms with van der Waals surface area (Å²) < 4.78 is 26.0. The van der Waals surface area contributed by atoms with Crippen LogP contribution >= 0.6 is 0 Å². The molecule has 1 aromatic rings. The van der Waals surface area contributed by atoms with Crippen molar-refractivity contribution < 1.29 is 13.2 Å². The largest absolute Gasteiger partial charge is 0.311 e. The fourth-order valence-electron chi connectivity index (χ4n) is 2.03. The van der Waals surface area contributed by atoms with Crippen molar-refractivity contribution in [3.63, 3.8) is 0 Å². The molecule has 1 N–H and O–H groups in total. The lowest BCUT2D eigenvalue weighted by atomic mass is 10.2. The maximum atomic E-state index is 11.8. The topological polar surface area (TPSA) is 66.5 Å². The Kier molecular flexibility index (Phi) is 6.84. The predicted molar refractivity (Wildman–Crippen MR) is 85.9 cm³/mol. The molecule has 5 nitrogen and oxygen atoms in total. The minimum Gasteiger partial charge on any atom is -0.311 e. The summed E-state index contributed by atoms with van der Waals surface area (Å²) in [6.07, 6.45) is 1.48. The average molecular weight is 312 g/mol. The highest BCUT2D eigenvalue weighted by Crippen LogP contribution is 2.19. The maximum absolute atomic E-state index is 11.8. The number of rotatable bonds is 8. The van der Waals surface area contributed by atoms with Crippen molar-refractivity contribution in [3.8, 4) is 0 Å². The van der Waals surface area contributed by atoms with E-state index in [0.29, 0.717) is 13.0 Å². The van der Waals surface area contributed by atoms with Gasteiger partial charge in [0.1, 0.15) is 0 Å². The first-order valence-corrected chi connectivity index (χ1v) is 8.83. The lowest BCUT2D eigenvalue weighted by molar-refractivity contribution is -0.116. The number of carbonyl (C=O) groups is 1. The highest BCUT2D eigenvalue weighted by Gasteiger charge is 2.15. The average Bonchev–Trinajstić information content (AvgIpc) is 2.42. The number of sulfonamides is 1. The number of nitrogens with one attached hydrogen (secondary N) is 1. The molecule has 0 heterocycles. The third kappa shape index (κ3) is 5.85. The molecule has 1 rings (SSSR count). The van der Waals surface area contributed by atoms with Gasteiger partial charge in [0.05, 0.1) is 5.75 Å². The van der Waals surface area contributed by atoms with E-state index in [9.17, 15) is 13.2 Å². The lowest BCUT2D eigenvalue weighted by Crippen LogP contribution is -2.38. The molecule has 0 aliphatic heterocycles. The minimum absolute atomic E-state index is 0.0999. The van der Waals surface area contributed by atoms with Gasteiger partial charge in [0, 0.05) is 25.7 Å². The normalized spacial score (nSPS) is 11.4. The van der Waals surface area contributed by atoms with Gasteiger partial charge in [-0.3, -0.25) is 4.79 Å². The third-order valence-corrected chi connectivity index (χ3v) is 4.68. The highest BCUT2D eigenvalue weighted by atomic mass is 32.2. The Hall–Kier alpha value is -1.40. The molecule has 21 heavy (non-hydrogen) atoms. The summed E-state index contributed by atoms with van der Waals surface area (Å²) in [5, 5.41) is 0. The van der Waals surface area contributed by atoms with Crippen LogP contribution in [0.25, 0.3) is 0 Å². The highest BCUT2D eigenvalue weighted by molar-refractivity contribution is 7.89. The van der Waals surface area contributed by atoms with Gasteiger partial charge in [0.2, 0.25) is 15.9 Å². The summed E-state index contributed by atoms with van der Waals surface area (Å²) in [5.41, 5.74) is 1.80. The second kappa shape index (κ2) is 8.14. The molecule has 0 atom stereocenters. The maximum Gasteiger partial charge on any atom is 0.223 e. The number of anilines is 1. The number of amides is 1. The lowest BCUT2D eigenvalue weighted by Gasteiger charge is -2.23. The molecule has 0 aliphatic rings. The second-order valence-electron chi connectivity index (χ2n) is 5.02. The zero-order valence-corrected chi connectivity index (χ0v) is 13.7. The Bertz CT molecular complexity index is 570. The van der Waals surface area contributed by atoms with Crippen molar-refractivity contribution in [2.45, 2.75) is 33.6 Å². The Morgan fingerprint density at radius 3 is 2.52 bits per heavy atom. The summed E-state index contributed by atoms with van der Waals surface area (Å²) in [5.74, 6) is 0.0329. The molecule has 0 saturated carbocycles. The Morgan fingerprint density at radius 2 is 1.95 bits per heavy atom. The van der Waals surface area contributed by atoms with Crippen LogP contribution in [0.4, 0.5) is 5.69 Å². The Labute approximate surface area is 127 Å². The van der Waals surface area contributed by atoms with Crippen molar-refractivity contribution in [1.29, 1.82) is 0 Å². The van der Waals surface area contributed by atoms with Gasteiger partial charge in [-0.1, -0.05) is 31.5 Å². The van der Waals surface area contributed by atoms with Gasteiger partial charge in [-0.25, -0.2) is 13.1 Å². The molecule has 0 aromatic heterocycles. The molecule has 6 heteroatoms. The van der Waals surface area contributed by atoms with E-state index in [1.165, 1.54) is 6.92 Å². The first-order valence-electron chi connectivity index (χ1n) is 7.18. The number of hydrogen-bond acceptors (Lipinski definition) is 3. The number of aryl methyl sites for hydroxylation is 1. The van der Waals surface area contributed by atoms with E-state index in [0.717, 1.165) is 17.7 Å². The SMILES string of the molecule is CCCCS(=O)(=O)NCCN(C(C)=O)c1ccccc1C. The van der Waals surface area contributed by atoms with E-state index in [2.05, 4.69) is 4.72 Å². The molecule has 0 saturated heterocycles. The molecule has 0 spiro atoms. The molecule has 0 aliphatic carbocycles. The van der Waals surface area contributed by atoms with Crippen LogP contribution in [-0.4, -0.2) is 33.2 Å². The number of carbonyl (C=O) groups excluding carboxylic acids is 1. The van der Waals surface area contributed by atoms with Gasteiger partial charge in [-0.2, -0.15) is 0 Å². The summed E-state index contributed by atoms with van der Waals surface area (Å²) in [4.78, 5) is 13.4. The number of hydrogen-bond donors (Lipinski definition) is 1. The van der Waals surface area contributed by atoms with Crippen molar-refractivity contribution in [1.82, 2.24) is 4.72 Å². The first kappa shape index (κ1) is 17.7. The van der Waals surface area contributed by atoms with Crippen LogP contribution in [0.3, 0.4) is 0 Å². The van der Waals surface area contributed by atoms with E-state index in [-0.39, 0.29) is 18.2 Å². The van der Waals surface area contributed by atoms with Gasteiger partial charge in [0.15, 0.2) is 0 Å². The molecule has 0 bridgehead atoms. The minimum atomic E-state index is -3.25. The van der Waals surface area contributed by atoms with Crippen molar-refractivity contribution >= 4 is 21.6 Å². The Morgan fingerprint density at radius 1 is 1.29 bits per heavy atom. The molecular formula is C15H24N2O3S. The van der Waals surface area contributed by atoms with Gasteiger partial charge in [0.25, 0.3) is 0 Å². The van der Waals surface area contributed by atoms with Crippen molar-refractivity contribution in [2.24, 2.45) is 0 Å². The molecule has 1 amide bonds. The second-order valence-corrected chi connectivity index (χ2v) is 6.95. The quantitative estimate of drug-likeness (QED) is 0.799. The van der Waals surface area contributed by atoms with Crippen LogP contribution in [0.1, 0.15) is 32.3 Å². The van der Waals surface area contributed by atoms with Crippen molar-refractivity contribution in [3.05, 3.63) is 29.8 Å². The van der Waals surface area contributed by atoms with Crippen LogP contribution < -0.4 is 9.62 Å². The Balaban J connectivity index is 2.66. The molecule has 0 radical (unpaired) electrons. The standard InChI is InChI=1S/C15H24N2O3S/c1-4-5-12-21(19,20)16-10-11-17(14(3)18)15-9-7-6-8-13(15)2/h6-9,16H,4-5,10-12H2,1-3H3. The van der Waals surface area contributed by atoms with E-state index >= 15 is 0 Å². The predicted octanol–water partition coefficient (Wildman–Crippen LogP) is 2.07. The zero-order chi connectivity index (χ0) is 15.9. The van der Waals surface area contributed by atoms with E-state index in [4.69, 9.17) is 0 Å². The summed E-state index contributed by atoms with van der Waals surface area (Å²) >= 11 is 0. The van der Waals surface area contributed by atoms with E-state index in [1.54, 1.807) is 4.90 Å². The molecule has 118 valence electrons. The summed E-state index contributed by atoms with van der Waals surface area (Å²) in [6.45, 7) is 5.91. The fourth-order valence-corrected chi connectivity index (χ4v) is 3.25. The fraction of sp³-hybridized carbons (Fsp3) is 0.533. The number of benzene rings is 1. The van der Waals surface area contributed by atoms with Gasteiger partial charge >= 0.3 is 0 Å². The van der Waals surface area contributed by atoms with E-state index < -0.39 is 10.0 Å². The smallest absolute Gasteiger partial charge is 0.223 e. The van der Waals surface area contributed by atoms with E-state index in [1.807, 2.05) is 38.1 Å². The van der Waals surface area contributed by atoms with Crippen LogP contribution in [0.15, 0.2) is 24.3 Å². The molecule has 1 aromatic carbocycles. The van der Waals surface area contributed by atoms with Gasteiger partial charge < -0.3 is 4.90 Å². The van der Waals surface area contributed by atoms with Crippen LogP contribution in [0, 0.1) is 6.92 Å². The molecule has 0 fully saturated rings. The zero-order valence-electron chi connectivity index (χ0n) is 12.9. The third-order valence-electron chi connectivity index (χ3n) is 3.21. The number of unbranched alkanes of at least 4 members (excludes halogenated alkanes) is 1. The van der Waals surface area contributed by atoms with Gasteiger partial charge in [-0.15, -0.1) is 0 Å². The van der Waals surface area contributed by atoms with Crippen LogP contribution in [0.2, 0.25) is 0 Å². The first-order chi connectivity index (χ1) is 9.87. The van der Waals surface area contributed by atoms with Gasteiger partial charge in [-0.05, 0) is 25.0 Å². The van der Waals surface area contributed by atoms with Crippen LogP contribution in [0.5, 0.6) is 0 Å². The monoisotopic (exact) mass is 312 g/mol. The summed E-state index contributed by atoms with van der Waals surface area (Å²) in [6, 6.07) is 7.56. The molecule has 0 unspecified atom stereocenters.